The molecule has 20 heteroatoms. The maximum atomic E-state index is 11.8. The fourth-order valence-corrected chi connectivity index (χ4v) is 5.75. The third-order valence-electron chi connectivity index (χ3n) is 3.01. The van der Waals surface area contributed by atoms with E-state index in [1.165, 1.54) is 0 Å². The van der Waals surface area contributed by atoms with E-state index in [9.17, 15) is 58.4 Å². The molecule has 0 aliphatic heterocycles. The van der Waals surface area contributed by atoms with Gasteiger partial charge in [0.25, 0.3) is 42.2 Å². The van der Waals surface area contributed by atoms with E-state index in [1.807, 2.05) is 0 Å². The number of nitrogens with one attached hydrogen (secondary N) is 2. The van der Waals surface area contributed by atoms with E-state index in [-0.39, 0.29) is 0 Å². The predicted molar refractivity (Wildman–Crippen MR) is 81.4 cm³/mol. The number of hydroxylamine groups is 2. The molecule has 0 aliphatic rings. The summed E-state index contributed by atoms with van der Waals surface area (Å²) in [5.74, 6) is -7.00. The fraction of sp³-hybridized carbons (Fsp3) is 0. The van der Waals surface area contributed by atoms with Crippen LogP contribution in [0.2, 0.25) is 0 Å². The van der Waals surface area contributed by atoms with Gasteiger partial charge in [-0.1, -0.05) is 0 Å². The number of aromatic carboxylic acids is 1. The second kappa shape index (κ2) is 7.60. The second-order valence-corrected chi connectivity index (χ2v) is 8.80. The van der Waals surface area contributed by atoms with E-state index in [0.717, 1.165) is 0 Å². The van der Waals surface area contributed by atoms with Crippen LogP contribution >= 0.6 is 0 Å². The molecule has 0 fully saturated rings. The first-order valence-electron chi connectivity index (χ1n) is 6.19. The van der Waals surface area contributed by atoms with Gasteiger partial charge in [0.15, 0.2) is 0 Å². The standard InChI is InChI=1S/C9H8N2O15S3/c12-7(10-16)2-1(9(14)15)3(8(13)11-17)5(28(21,22)23)6(29(24,25)26)4(2)27(18,19)20/h16-17H,(H,10,12)(H,11,13)(H,14,15)(H,18,19,20)(H,21,22,23)(H,24,25,26). The predicted octanol–water partition coefficient (Wildman–Crippen LogP) is -2.64. The van der Waals surface area contributed by atoms with Crippen molar-refractivity contribution in [1.29, 1.82) is 0 Å². The fourth-order valence-electron chi connectivity index (χ4n) is 2.17. The normalized spacial score (nSPS) is 12.3. The van der Waals surface area contributed by atoms with Gasteiger partial charge in [-0.2, -0.15) is 25.3 Å². The van der Waals surface area contributed by atoms with Crippen molar-refractivity contribution in [3.8, 4) is 0 Å². The Kier molecular flexibility index (Phi) is 6.37. The van der Waals surface area contributed by atoms with Crippen molar-refractivity contribution in [3.63, 3.8) is 0 Å². The molecular formula is C9H8N2O15S3. The smallest absolute Gasteiger partial charge is 0.337 e. The number of hydrogen-bond acceptors (Lipinski definition) is 11. The van der Waals surface area contributed by atoms with Crippen LogP contribution in [-0.4, -0.2) is 72.2 Å². The summed E-state index contributed by atoms with van der Waals surface area (Å²) < 4.78 is 97.6. The molecule has 0 unspecified atom stereocenters. The van der Waals surface area contributed by atoms with E-state index in [2.05, 4.69) is 0 Å². The van der Waals surface area contributed by atoms with Gasteiger partial charge < -0.3 is 5.11 Å². The average Bonchev–Trinajstić information content (AvgIpc) is 2.54. The van der Waals surface area contributed by atoms with Crippen molar-refractivity contribution in [1.82, 2.24) is 11.0 Å². The van der Waals surface area contributed by atoms with Crippen LogP contribution in [0.4, 0.5) is 0 Å². The highest BCUT2D eigenvalue weighted by molar-refractivity contribution is 7.90. The topological polar surface area (TPSA) is 299 Å². The maximum Gasteiger partial charge on any atom is 0.337 e. The Morgan fingerprint density at radius 2 is 0.862 bits per heavy atom. The minimum atomic E-state index is -6.20. The van der Waals surface area contributed by atoms with Gasteiger partial charge in [0.2, 0.25) is 0 Å². The molecule has 0 aromatic heterocycles. The Hall–Kier alpha value is -2.72. The van der Waals surface area contributed by atoms with Crippen LogP contribution < -0.4 is 11.0 Å². The molecule has 1 rings (SSSR count). The highest BCUT2D eigenvalue weighted by Gasteiger charge is 2.45. The summed E-state index contributed by atoms with van der Waals surface area (Å²) in [5, 5.41) is 26.6. The number of hydrogen-bond donors (Lipinski definition) is 8. The maximum absolute atomic E-state index is 11.8. The first-order chi connectivity index (χ1) is 12.9. The van der Waals surface area contributed by atoms with E-state index >= 15 is 0 Å². The molecule has 1 aromatic carbocycles. The molecule has 162 valence electrons. The molecule has 0 radical (unpaired) electrons. The third-order valence-corrected chi connectivity index (χ3v) is 6.04. The number of amides is 2. The van der Waals surface area contributed by atoms with Crippen LogP contribution in [0.1, 0.15) is 31.1 Å². The van der Waals surface area contributed by atoms with Crippen molar-refractivity contribution in [2.24, 2.45) is 0 Å². The number of carboxylic acid groups (broad SMARTS) is 1. The molecule has 0 saturated heterocycles. The van der Waals surface area contributed by atoms with Gasteiger partial charge in [-0.3, -0.25) is 33.7 Å². The molecule has 0 heterocycles. The van der Waals surface area contributed by atoms with E-state index in [1.54, 1.807) is 0 Å². The Morgan fingerprint density at radius 1 is 0.586 bits per heavy atom. The zero-order valence-corrected chi connectivity index (χ0v) is 15.5. The average molecular weight is 480 g/mol. The lowest BCUT2D eigenvalue weighted by molar-refractivity contribution is 0.0638. The van der Waals surface area contributed by atoms with E-state index < -0.39 is 79.5 Å². The molecule has 0 aliphatic carbocycles. The molecule has 0 atom stereocenters. The summed E-state index contributed by atoms with van der Waals surface area (Å²) in [4.78, 5) is 27.8. The lowest BCUT2D eigenvalue weighted by atomic mass is 9.99. The molecule has 8 N–H and O–H groups in total. The van der Waals surface area contributed by atoms with Crippen molar-refractivity contribution in [3.05, 3.63) is 16.7 Å². The minimum Gasteiger partial charge on any atom is -0.478 e. The molecular weight excluding hydrogens is 472 g/mol. The van der Waals surface area contributed by atoms with Crippen LogP contribution in [0.3, 0.4) is 0 Å². The highest BCUT2D eigenvalue weighted by Crippen LogP contribution is 2.37. The van der Waals surface area contributed by atoms with Gasteiger partial charge in [0, 0.05) is 0 Å². The van der Waals surface area contributed by atoms with Gasteiger partial charge in [0.05, 0.1) is 16.7 Å². The van der Waals surface area contributed by atoms with E-state index in [4.69, 9.17) is 10.4 Å². The summed E-state index contributed by atoms with van der Waals surface area (Å²) in [6.45, 7) is 0. The zero-order valence-electron chi connectivity index (χ0n) is 13.1. The Labute approximate surface area is 159 Å². The summed E-state index contributed by atoms with van der Waals surface area (Å²) >= 11 is 0. The van der Waals surface area contributed by atoms with Gasteiger partial charge in [0.1, 0.15) is 14.7 Å². The second-order valence-electron chi connectivity index (χ2n) is 4.72. The third kappa shape index (κ3) is 4.48. The number of carbonyl (C=O) groups excluding carboxylic acids is 2. The van der Waals surface area contributed by atoms with Gasteiger partial charge >= 0.3 is 5.97 Å². The SMILES string of the molecule is O=C(O)c1c(C(=O)NO)c(S(=O)(=O)O)c(S(=O)(=O)O)c(S(=O)(=O)O)c1C(=O)NO. The van der Waals surface area contributed by atoms with Crippen LogP contribution in [0.15, 0.2) is 14.7 Å². The lowest BCUT2D eigenvalue weighted by Crippen LogP contribution is -2.33. The van der Waals surface area contributed by atoms with E-state index in [0.29, 0.717) is 11.0 Å². The Morgan fingerprint density at radius 3 is 1.03 bits per heavy atom. The first kappa shape index (κ1) is 24.3. The van der Waals surface area contributed by atoms with Crippen molar-refractivity contribution >= 4 is 48.1 Å². The molecule has 1 aromatic rings. The Balaban J connectivity index is 4.93. The van der Waals surface area contributed by atoms with Crippen LogP contribution in [0, 0.1) is 0 Å². The van der Waals surface area contributed by atoms with Crippen LogP contribution in [0.25, 0.3) is 0 Å². The quantitative estimate of drug-likeness (QED) is 0.117. The molecule has 29 heavy (non-hydrogen) atoms. The van der Waals surface area contributed by atoms with Gasteiger partial charge in [-0.25, -0.2) is 15.8 Å². The first-order valence-corrected chi connectivity index (χ1v) is 10.5. The molecule has 17 nitrogen and oxygen atoms in total. The summed E-state index contributed by atoms with van der Waals surface area (Å²) in [6, 6.07) is 0. The minimum absolute atomic E-state index is 0.650. The molecule has 2 amide bonds. The Bertz CT molecular complexity index is 1170. The number of carbonyl (C=O) groups is 3. The summed E-state index contributed by atoms with van der Waals surface area (Å²) in [6.07, 6.45) is 0. The van der Waals surface area contributed by atoms with Crippen LogP contribution in [-0.2, 0) is 30.4 Å². The lowest BCUT2D eigenvalue weighted by Gasteiger charge is -2.19. The van der Waals surface area contributed by atoms with Crippen LogP contribution in [0.5, 0.6) is 0 Å². The number of rotatable bonds is 6. The molecule has 0 spiro atoms. The zero-order chi connectivity index (χ0) is 23.1. The van der Waals surface area contributed by atoms with Gasteiger partial charge in [-0.15, -0.1) is 0 Å². The number of benzene rings is 1. The highest BCUT2D eigenvalue weighted by atomic mass is 32.2. The molecule has 0 bridgehead atoms. The van der Waals surface area contributed by atoms with Crippen molar-refractivity contribution in [2.45, 2.75) is 14.7 Å². The van der Waals surface area contributed by atoms with Crippen molar-refractivity contribution < 1.29 is 68.8 Å². The van der Waals surface area contributed by atoms with Crippen molar-refractivity contribution in [2.75, 3.05) is 0 Å². The summed E-state index contributed by atoms with van der Waals surface area (Å²) in [5.41, 5.74) is -4.83. The largest absolute Gasteiger partial charge is 0.478 e. The number of carboxylic acids is 1. The monoisotopic (exact) mass is 480 g/mol. The summed E-state index contributed by atoms with van der Waals surface area (Å²) in [7, 11) is -18.5. The van der Waals surface area contributed by atoms with Gasteiger partial charge in [-0.05, 0) is 0 Å². The molecule has 0 saturated carbocycles.